The Labute approximate surface area is 541 Å². The lowest BCUT2D eigenvalue weighted by Gasteiger charge is -2.39. The minimum atomic E-state index is -0.765. The zero-order chi connectivity index (χ0) is 64.3. The first-order valence-corrected chi connectivity index (χ1v) is 35.8. The van der Waals surface area contributed by atoms with Crippen LogP contribution in [0, 0.1) is 118 Å². The van der Waals surface area contributed by atoms with Crippen LogP contribution in [0.3, 0.4) is 0 Å². The fraction of sp³-hybridized carbons (Fsp3) is 0.784. The van der Waals surface area contributed by atoms with Crippen LogP contribution < -0.4 is 0 Å². The van der Waals surface area contributed by atoms with E-state index in [-0.39, 0.29) is 109 Å². The Balaban J connectivity index is 0.000000113. The van der Waals surface area contributed by atoms with Crippen LogP contribution in [0.1, 0.15) is 182 Å². The number of carbonyl (C=O) groups excluding carboxylic acids is 8. The summed E-state index contributed by atoms with van der Waals surface area (Å²) in [6, 6.07) is 0. The van der Waals surface area contributed by atoms with Gasteiger partial charge in [-0.1, -0.05) is 48.6 Å². The van der Waals surface area contributed by atoms with Gasteiger partial charge in [0.25, 0.3) is 0 Å². The topological polar surface area (TPSA) is 251 Å². The van der Waals surface area contributed by atoms with E-state index in [0.717, 1.165) is 114 Å². The van der Waals surface area contributed by atoms with Crippen molar-refractivity contribution in [1.82, 2.24) is 0 Å². The van der Waals surface area contributed by atoms with Gasteiger partial charge in [-0.25, -0.2) is 0 Å². The summed E-state index contributed by atoms with van der Waals surface area (Å²) in [6.45, 7) is 7.48. The summed E-state index contributed by atoms with van der Waals surface area (Å²) in [5.74, 6) is 8.85. The van der Waals surface area contributed by atoms with Gasteiger partial charge in [0.15, 0.2) is 0 Å². The predicted octanol–water partition coefficient (Wildman–Crippen LogP) is 10.2. The van der Waals surface area contributed by atoms with Crippen LogP contribution >= 0.6 is 0 Å². The summed E-state index contributed by atoms with van der Waals surface area (Å²) in [5, 5.41) is 20.1. The molecule has 0 radical (unpaired) electrons. The van der Waals surface area contributed by atoms with Crippen LogP contribution in [-0.4, -0.2) is 119 Å². The van der Waals surface area contributed by atoms with Crippen molar-refractivity contribution in [2.75, 3.05) is 13.2 Å². The van der Waals surface area contributed by atoms with Crippen LogP contribution in [-0.2, 0) is 76.3 Å². The van der Waals surface area contributed by atoms with Crippen molar-refractivity contribution in [3.8, 4) is 0 Å². The quantitative estimate of drug-likeness (QED) is 0.0631. The maximum absolute atomic E-state index is 13.0. The van der Waals surface area contributed by atoms with Crippen molar-refractivity contribution < 1.29 is 86.5 Å². The summed E-state index contributed by atoms with van der Waals surface area (Å²) in [4.78, 5) is 95.5. The number of aliphatic hydroxyl groups is 2. The number of cyclic esters (lactones) is 4. The Morgan fingerprint density at radius 3 is 1.17 bits per heavy atom. The molecule has 0 aromatic carbocycles. The summed E-state index contributed by atoms with van der Waals surface area (Å²) < 4.78 is 43.6. The van der Waals surface area contributed by atoms with Crippen LogP contribution in [0.25, 0.3) is 0 Å². The van der Waals surface area contributed by atoms with Gasteiger partial charge in [-0.2, -0.15) is 0 Å². The molecular weight excluding hydrogens is 1180 g/mol. The second-order valence-corrected chi connectivity index (χ2v) is 31.8. The largest absolute Gasteiger partial charge is 0.463 e. The Morgan fingerprint density at radius 1 is 0.424 bits per heavy atom. The highest BCUT2D eigenvalue weighted by Crippen LogP contribution is 2.68. The molecule has 8 saturated carbocycles. The van der Waals surface area contributed by atoms with E-state index in [9.17, 15) is 48.6 Å². The first-order chi connectivity index (χ1) is 44.1. The molecule has 18 heteroatoms. The molecule has 16 rings (SSSR count). The van der Waals surface area contributed by atoms with Gasteiger partial charge in [-0.15, -0.1) is 0 Å². The summed E-state index contributed by atoms with van der Waals surface area (Å²) in [5.41, 5.74) is -1.47. The van der Waals surface area contributed by atoms with Crippen molar-refractivity contribution in [1.29, 1.82) is 0 Å². The molecule has 0 amide bonds. The van der Waals surface area contributed by atoms with E-state index >= 15 is 0 Å². The average Bonchev–Trinajstić information content (AvgIpc) is 1.57. The number of hydrogen-bond donors (Lipinski definition) is 2. The Morgan fingerprint density at radius 2 is 0.783 bits per heavy atom. The van der Waals surface area contributed by atoms with E-state index in [4.69, 9.17) is 37.9 Å². The van der Waals surface area contributed by atoms with Crippen LogP contribution in [0.5, 0.6) is 0 Å². The molecule has 26 atom stereocenters. The molecule has 4 saturated heterocycles. The van der Waals surface area contributed by atoms with Gasteiger partial charge in [0, 0.05) is 38.5 Å². The number of allylic oxidation sites excluding steroid dienone is 8. The van der Waals surface area contributed by atoms with E-state index in [1.165, 1.54) is 25.7 Å². The van der Waals surface area contributed by atoms with E-state index in [0.29, 0.717) is 110 Å². The number of ether oxygens (including phenoxy) is 8. The Hall–Kier alpha value is -5.36. The number of aliphatic hydroxyl groups excluding tert-OH is 2. The smallest absolute Gasteiger partial charge is 0.310 e. The molecular formula is C74H100O18. The molecule has 12 fully saturated rings. The molecule has 0 spiro atoms. The van der Waals surface area contributed by atoms with E-state index in [2.05, 4.69) is 48.6 Å². The van der Waals surface area contributed by atoms with Crippen molar-refractivity contribution in [3.63, 3.8) is 0 Å². The highest BCUT2D eigenvalue weighted by atomic mass is 16.6. The lowest BCUT2D eigenvalue weighted by Crippen LogP contribution is -2.47. The fourth-order valence-corrected chi connectivity index (χ4v) is 21.1. The van der Waals surface area contributed by atoms with Gasteiger partial charge in [0.05, 0.1) is 35.9 Å². The molecule has 504 valence electrons. The first kappa shape index (κ1) is 65.3. The minimum Gasteiger partial charge on any atom is -0.463 e. The maximum Gasteiger partial charge on any atom is 0.310 e. The highest BCUT2D eigenvalue weighted by molar-refractivity contribution is 5.77. The molecule has 4 heterocycles. The zero-order valence-electron chi connectivity index (χ0n) is 54.4. The number of hydrogen-bond acceptors (Lipinski definition) is 18. The van der Waals surface area contributed by atoms with Gasteiger partial charge in [-0.05, 0) is 238 Å². The molecule has 12 aliphatic carbocycles. The number of fused-ring (bicyclic) bond motifs is 22. The fourth-order valence-electron chi connectivity index (χ4n) is 21.1. The van der Waals surface area contributed by atoms with Crippen molar-refractivity contribution in [3.05, 3.63) is 48.6 Å². The normalized spacial score (nSPS) is 41.8. The van der Waals surface area contributed by atoms with Crippen LogP contribution in [0.4, 0.5) is 0 Å². The first-order valence-electron chi connectivity index (χ1n) is 35.8. The third-order valence-electron chi connectivity index (χ3n) is 25.1. The minimum absolute atomic E-state index is 0.00944. The molecule has 0 aromatic heterocycles. The Bertz CT molecular complexity index is 2920. The summed E-state index contributed by atoms with van der Waals surface area (Å²) >= 11 is 0. The van der Waals surface area contributed by atoms with Gasteiger partial charge in [0.1, 0.15) is 48.8 Å². The predicted molar refractivity (Wildman–Crippen MR) is 331 cm³/mol. The number of esters is 8. The number of rotatable bonds is 16. The molecule has 0 aromatic rings. The molecule has 18 nitrogen and oxygen atoms in total. The highest BCUT2D eigenvalue weighted by Gasteiger charge is 2.64. The van der Waals surface area contributed by atoms with Crippen molar-refractivity contribution in [2.45, 2.75) is 230 Å². The third kappa shape index (κ3) is 13.9. The molecule has 4 aliphatic heterocycles. The third-order valence-corrected chi connectivity index (χ3v) is 25.1. The second kappa shape index (κ2) is 27.0. The maximum atomic E-state index is 13.0. The van der Waals surface area contributed by atoms with Gasteiger partial charge in [0.2, 0.25) is 0 Å². The standard InChI is InChI=1S/C21H28O5.C21H28O4.C16H22O5.C16H22O4/c22-14(9-15-2-1-3-18(23)26-15)10-25-21(24)17-8-13-7-16(17)20-12-5-4-11(6-12)19(13)20;1-21(2,16-4-3-5-17(22)24-16)25-20(23)15-10-13-9-14(15)19-12-7-6-11(8-12)18(13)19;17-12(8-13-2-1-3-15(18)21-13)9-20-16(19)14-7-10-4-5-11(14)6-10;1-16(2,13-4-3-5-14(17)19-13)20-15(18)12-9-10-6-7-11(12)8-10/h4-5,11-17,19-20,22H,1-3,6-10H2;6-7,11-16,18-19H,3-5,8-10H2,1-2H3;4-5,10-14,17H,1-3,6-9H2;6-7,10-13H,3-5,8-9H2,1-2H3. The Kier molecular flexibility index (Phi) is 19.2. The molecule has 12 bridgehead atoms. The lowest BCUT2D eigenvalue weighted by atomic mass is 9.69. The molecule has 92 heavy (non-hydrogen) atoms. The molecule has 2 N–H and O–H groups in total. The monoisotopic (exact) mass is 1280 g/mol. The van der Waals surface area contributed by atoms with E-state index in [1.54, 1.807) is 0 Å². The average molecular weight is 1280 g/mol. The second-order valence-electron chi connectivity index (χ2n) is 31.8. The van der Waals surface area contributed by atoms with E-state index < -0.39 is 23.4 Å². The SMILES string of the molecule is CC(C)(OC(=O)C1CC2C=CC1C2)C1CCCC(=O)O1.CC(C)(OC(=O)C1CC2CC1C1C3C=CC(C3)C21)C1CCCC(=O)O1.O=C1CCCC(CC(O)COC(=O)C2CC3C=CC2C3)O1.O=C1CCCC(CC(O)COC(=O)C2CC3CC2C2C4C=CC(C4)C32)O1. The zero-order valence-corrected chi connectivity index (χ0v) is 54.4. The van der Waals surface area contributed by atoms with Crippen molar-refractivity contribution >= 4 is 47.8 Å². The number of carbonyl (C=O) groups is 8. The van der Waals surface area contributed by atoms with Crippen LogP contribution in [0.2, 0.25) is 0 Å². The van der Waals surface area contributed by atoms with Crippen molar-refractivity contribution in [2.24, 2.45) is 118 Å². The molecule has 26 unspecified atom stereocenters. The summed E-state index contributed by atoms with van der Waals surface area (Å²) in [7, 11) is 0. The molecule has 16 aliphatic rings. The van der Waals surface area contributed by atoms with E-state index in [1.807, 2.05) is 27.7 Å². The van der Waals surface area contributed by atoms with Gasteiger partial charge < -0.3 is 48.1 Å². The lowest BCUT2D eigenvalue weighted by molar-refractivity contribution is -0.191. The van der Waals surface area contributed by atoms with Gasteiger partial charge in [-0.3, -0.25) is 38.4 Å². The summed E-state index contributed by atoms with van der Waals surface area (Å²) in [6.07, 6.45) is 35.4. The van der Waals surface area contributed by atoms with Gasteiger partial charge >= 0.3 is 47.8 Å². The van der Waals surface area contributed by atoms with Crippen LogP contribution in [0.15, 0.2) is 48.6 Å².